The van der Waals surface area contributed by atoms with Crippen LogP contribution in [0.25, 0.3) is 0 Å². The van der Waals surface area contributed by atoms with Gasteiger partial charge in [0.1, 0.15) is 0 Å². The van der Waals surface area contributed by atoms with Crippen molar-refractivity contribution >= 4 is 17.3 Å². The fourth-order valence-electron chi connectivity index (χ4n) is 1.92. The van der Waals surface area contributed by atoms with Crippen LogP contribution in [0.3, 0.4) is 0 Å². The minimum absolute atomic E-state index is 0.128. The number of pyridine rings is 1. The number of amides is 1. The molecule has 0 aliphatic heterocycles. The summed E-state index contributed by atoms with van der Waals surface area (Å²) in [6, 6.07) is 9.41. The largest absolute Gasteiger partial charge is 0.384 e. The highest BCUT2D eigenvalue weighted by atomic mass is 16.1. The number of benzene rings is 1. The third-order valence-electron chi connectivity index (χ3n) is 2.87. The fourth-order valence-corrected chi connectivity index (χ4v) is 1.92. The van der Waals surface area contributed by atoms with E-state index in [0.717, 1.165) is 24.2 Å². The quantitative estimate of drug-likeness (QED) is 0.874. The van der Waals surface area contributed by atoms with Crippen LogP contribution < -0.4 is 10.6 Å². The summed E-state index contributed by atoms with van der Waals surface area (Å²) in [5.41, 5.74) is 3.22. The molecule has 104 valence electrons. The molecule has 0 unspecified atom stereocenters. The van der Waals surface area contributed by atoms with Crippen LogP contribution in [0.15, 0.2) is 42.7 Å². The Labute approximate surface area is 119 Å². The molecule has 1 aromatic carbocycles. The Morgan fingerprint density at radius 2 is 2.05 bits per heavy atom. The van der Waals surface area contributed by atoms with E-state index in [1.807, 2.05) is 37.3 Å². The van der Waals surface area contributed by atoms with Crippen LogP contribution in [0.4, 0.5) is 11.4 Å². The molecule has 1 heterocycles. The Morgan fingerprint density at radius 1 is 1.25 bits per heavy atom. The molecule has 2 N–H and O–H groups in total. The number of aryl methyl sites for hydroxylation is 1. The van der Waals surface area contributed by atoms with Crippen LogP contribution in [-0.4, -0.2) is 17.4 Å². The molecule has 2 aromatic rings. The summed E-state index contributed by atoms with van der Waals surface area (Å²) in [6.45, 7) is 4.88. The van der Waals surface area contributed by atoms with Crippen LogP contribution in [0.1, 0.15) is 29.3 Å². The predicted octanol–water partition coefficient (Wildman–Crippen LogP) is 3.46. The molecule has 2 rings (SSSR count). The van der Waals surface area contributed by atoms with Gasteiger partial charge in [-0.15, -0.1) is 0 Å². The van der Waals surface area contributed by atoms with E-state index in [9.17, 15) is 4.79 Å². The lowest BCUT2D eigenvalue weighted by atomic mass is 10.1. The van der Waals surface area contributed by atoms with Gasteiger partial charge in [-0.2, -0.15) is 0 Å². The number of nitrogens with zero attached hydrogens (tertiary/aromatic N) is 1. The van der Waals surface area contributed by atoms with Crippen molar-refractivity contribution in [3.05, 3.63) is 53.9 Å². The maximum atomic E-state index is 12.3. The van der Waals surface area contributed by atoms with Crippen LogP contribution >= 0.6 is 0 Å². The SMILES string of the molecule is CCCNc1ccccc1C(=O)Nc1cncc(C)c1. The molecule has 0 saturated heterocycles. The Hall–Kier alpha value is -2.36. The summed E-state index contributed by atoms with van der Waals surface area (Å²) in [5.74, 6) is -0.128. The normalized spacial score (nSPS) is 10.1. The number of aromatic nitrogens is 1. The summed E-state index contributed by atoms with van der Waals surface area (Å²) in [7, 11) is 0. The maximum absolute atomic E-state index is 12.3. The maximum Gasteiger partial charge on any atom is 0.257 e. The molecule has 0 aliphatic rings. The lowest BCUT2D eigenvalue weighted by molar-refractivity contribution is 0.102. The molecule has 4 heteroatoms. The number of hydrogen-bond donors (Lipinski definition) is 2. The number of nitrogens with one attached hydrogen (secondary N) is 2. The van der Waals surface area contributed by atoms with Crippen LogP contribution in [0.2, 0.25) is 0 Å². The van der Waals surface area contributed by atoms with Gasteiger partial charge in [-0.05, 0) is 37.1 Å². The first kappa shape index (κ1) is 14.1. The number of anilines is 2. The average Bonchev–Trinajstić information content (AvgIpc) is 2.45. The van der Waals surface area contributed by atoms with Crippen molar-refractivity contribution in [2.45, 2.75) is 20.3 Å². The Kier molecular flexibility index (Phi) is 4.71. The summed E-state index contributed by atoms with van der Waals surface area (Å²) in [5, 5.41) is 6.14. The van der Waals surface area contributed by atoms with Gasteiger partial charge in [-0.3, -0.25) is 9.78 Å². The van der Waals surface area contributed by atoms with E-state index in [2.05, 4.69) is 22.5 Å². The smallest absolute Gasteiger partial charge is 0.257 e. The molecule has 1 amide bonds. The van der Waals surface area contributed by atoms with E-state index < -0.39 is 0 Å². The van der Waals surface area contributed by atoms with E-state index in [-0.39, 0.29) is 5.91 Å². The summed E-state index contributed by atoms with van der Waals surface area (Å²) >= 11 is 0. The first-order valence-electron chi connectivity index (χ1n) is 6.76. The molecule has 0 radical (unpaired) electrons. The van der Waals surface area contributed by atoms with Gasteiger partial charge in [-0.1, -0.05) is 19.1 Å². The van der Waals surface area contributed by atoms with E-state index in [4.69, 9.17) is 0 Å². The topological polar surface area (TPSA) is 54.0 Å². The summed E-state index contributed by atoms with van der Waals surface area (Å²) in [4.78, 5) is 16.4. The van der Waals surface area contributed by atoms with Crippen molar-refractivity contribution in [2.24, 2.45) is 0 Å². The van der Waals surface area contributed by atoms with Crippen LogP contribution in [0, 0.1) is 6.92 Å². The zero-order chi connectivity index (χ0) is 14.4. The Bertz CT molecular complexity index is 596. The monoisotopic (exact) mass is 269 g/mol. The standard InChI is InChI=1S/C16H19N3O/c1-3-8-18-15-7-5-4-6-14(15)16(20)19-13-9-12(2)10-17-11-13/h4-7,9-11,18H,3,8H2,1-2H3,(H,19,20). The fraction of sp³-hybridized carbons (Fsp3) is 0.250. The molecule has 1 aromatic heterocycles. The first-order chi connectivity index (χ1) is 9.70. The Balaban J connectivity index is 2.16. The minimum atomic E-state index is -0.128. The van der Waals surface area contributed by atoms with Gasteiger partial charge in [0.05, 0.1) is 17.4 Å². The third-order valence-corrected chi connectivity index (χ3v) is 2.87. The summed E-state index contributed by atoms with van der Waals surface area (Å²) in [6.07, 6.45) is 4.41. The predicted molar refractivity (Wildman–Crippen MR) is 82.1 cm³/mol. The number of carbonyl (C=O) groups excluding carboxylic acids is 1. The molecule has 20 heavy (non-hydrogen) atoms. The van der Waals surface area contributed by atoms with Gasteiger partial charge in [0.15, 0.2) is 0 Å². The zero-order valence-corrected chi connectivity index (χ0v) is 11.8. The zero-order valence-electron chi connectivity index (χ0n) is 11.8. The lowest BCUT2D eigenvalue weighted by Gasteiger charge is -2.11. The van der Waals surface area contributed by atoms with Crippen molar-refractivity contribution < 1.29 is 4.79 Å². The van der Waals surface area contributed by atoms with Crippen molar-refractivity contribution in [1.29, 1.82) is 0 Å². The Morgan fingerprint density at radius 3 is 2.80 bits per heavy atom. The average molecular weight is 269 g/mol. The molecular weight excluding hydrogens is 250 g/mol. The van der Waals surface area contributed by atoms with Crippen molar-refractivity contribution in [3.8, 4) is 0 Å². The first-order valence-corrected chi connectivity index (χ1v) is 6.76. The number of para-hydroxylation sites is 1. The molecule has 0 atom stereocenters. The molecule has 0 bridgehead atoms. The third kappa shape index (κ3) is 3.57. The highest BCUT2D eigenvalue weighted by molar-refractivity contribution is 6.08. The second kappa shape index (κ2) is 6.70. The molecule has 4 nitrogen and oxygen atoms in total. The van der Waals surface area contributed by atoms with Crippen LogP contribution in [0.5, 0.6) is 0 Å². The molecular formula is C16H19N3O. The van der Waals surface area contributed by atoms with Crippen molar-refractivity contribution in [2.75, 3.05) is 17.2 Å². The van der Waals surface area contributed by atoms with Crippen molar-refractivity contribution in [1.82, 2.24) is 4.98 Å². The van der Waals surface area contributed by atoms with Crippen LogP contribution in [-0.2, 0) is 0 Å². The highest BCUT2D eigenvalue weighted by Crippen LogP contribution is 2.17. The van der Waals surface area contributed by atoms with E-state index in [1.54, 1.807) is 12.4 Å². The molecule has 0 fully saturated rings. The van der Waals surface area contributed by atoms with E-state index in [1.165, 1.54) is 0 Å². The second-order valence-corrected chi connectivity index (χ2v) is 4.68. The van der Waals surface area contributed by atoms with Gasteiger partial charge in [0, 0.05) is 18.4 Å². The van der Waals surface area contributed by atoms with Gasteiger partial charge in [0.2, 0.25) is 0 Å². The molecule has 0 saturated carbocycles. The minimum Gasteiger partial charge on any atom is -0.384 e. The number of hydrogen-bond acceptors (Lipinski definition) is 3. The molecule has 0 aliphatic carbocycles. The lowest BCUT2D eigenvalue weighted by Crippen LogP contribution is -2.15. The number of carbonyl (C=O) groups is 1. The van der Waals surface area contributed by atoms with Crippen molar-refractivity contribution in [3.63, 3.8) is 0 Å². The molecule has 0 spiro atoms. The second-order valence-electron chi connectivity index (χ2n) is 4.68. The highest BCUT2D eigenvalue weighted by Gasteiger charge is 2.10. The van der Waals surface area contributed by atoms with Gasteiger partial charge < -0.3 is 10.6 Å². The van der Waals surface area contributed by atoms with E-state index in [0.29, 0.717) is 11.3 Å². The summed E-state index contributed by atoms with van der Waals surface area (Å²) < 4.78 is 0. The van der Waals surface area contributed by atoms with Gasteiger partial charge in [0.25, 0.3) is 5.91 Å². The number of rotatable bonds is 5. The van der Waals surface area contributed by atoms with E-state index >= 15 is 0 Å². The van der Waals surface area contributed by atoms with Gasteiger partial charge >= 0.3 is 0 Å². The van der Waals surface area contributed by atoms with Gasteiger partial charge in [-0.25, -0.2) is 0 Å².